The van der Waals surface area contributed by atoms with Gasteiger partial charge >= 0.3 is 6.18 Å². The van der Waals surface area contributed by atoms with Gasteiger partial charge in [-0.1, -0.05) is 54.1 Å². The third-order valence-corrected chi connectivity index (χ3v) is 8.20. The van der Waals surface area contributed by atoms with Crippen LogP contribution in [0.15, 0.2) is 60.7 Å². The number of rotatable bonds is 5. The summed E-state index contributed by atoms with van der Waals surface area (Å²) in [5.74, 6) is -0.118. The predicted octanol–water partition coefficient (Wildman–Crippen LogP) is 6.49. The van der Waals surface area contributed by atoms with E-state index in [4.69, 9.17) is 9.90 Å². The quantitative estimate of drug-likeness (QED) is 0.366. The first-order valence-electron chi connectivity index (χ1n) is 13.0. The highest BCUT2D eigenvalue weighted by molar-refractivity contribution is 6.02. The number of benzene rings is 3. The van der Waals surface area contributed by atoms with Gasteiger partial charge in [0.1, 0.15) is 0 Å². The SMILES string of the molecule is Cc1ccc(C2(NC(=O)c3cccc4c3N(Cc3ccc(C)c(C(F)(F)F)c3)CC43CC3)CC2)cc1.O=CO. The minimum Gasteiger partial charge on any atom is -0.483 e. The smallest absolute Gasteiger partial charge is 0.416 e. The number of nitrogens with zero attached hydrogens (tertiary/aromatic N) is 1. The number of hydrogen-bond acceptors (Lipinski definition) is 3. The first-order chi connectivity index (χ1) is 18.5. The Balaban J connectivity index is 0.000000983. The summed E-state index contributed by atoms with van der Waals surface area (Å²) < 4.78 is 40.6. The molecule has 5 nitrogen and oxygen atoms in total. The van der Waals surface area contributed by atoms with Crippen molar-refractivity contribution >= 4 is 18.1 Å². The second-order valence-corrected chi connectivity index (χ2v) is 11.0. The van der Waals surface area contributed by atoms with Crippen molar-refractivity contribution in [3.8, 4) is 0 Å². The number of para-hydroxylation sites is 1. The van der Waals surface area contributed by atoms with Gasteiger partial charge in [0.25, 0.3) is 12.4 Å². The fourth-order valence-corrected chi connectivity index (χ4v) is 5.80. The molecule has 1 heterocycles. The number of amides is 1. The average molecular weight is 537 g/mol. The van der Waals surface area contributed by atoms with E-state index in [2.05, 4.69) is 40.5 Å². The highest BCUT2D eigenvalue weighted by atomic mass is 19.4. The highest BCUT2D eigenvalue weighted by Crippen LogP contribution is 2.57. The van der Waals surface area contributed by atoms with Gasteiger partial charge in [0.05, 0.1) is 22.4 Å². The molecule has 0 unspecified atom stereocenters. The van der Waals surface area contributed by atoms with Crippen molar-refractivity contribution in [1.29, 1.82) is 0 Å². The van der Waals surface area contributed by atoms with Gasteiger partial charge in [0, 0.05) is 18.5 Å². The molecule has 0 radical (unpaired) electrons. The van der Waals surface area contributed by atoms with Crippen molar-refractivity contribution in [2.24, 2.45) is 0 Å². The lowest BCUT2D eigenvalue weighted by molar-refractivity contribution is -0.138. The number of halogens is 3. The zero-order valence-corrected chi connectivity index (χ0v) is 21.9. The van der Waals surface area contributed by atoms with E-state index in [9.17, 15) is 18.0 Å². The monoisotopic (exact) mass is 536 g/mol. The Morgan fingerprint density at radius 3 is 2.28 bits per heavy atom. The van der Waals surface area contributed by atoms with Gasteiger partial charge in [-0.25, -0.2) is 0 Å². The molecule has 2 saturated carbocycles. The molecule has 3 aromatic carbocycles. The van der Waals surface area contributed by atoms with E-state index in [1.165, 1.54) is 18.6 Å². The van der Waals surface area contributed by atoms with Crippen molar-refractivity contribution in [2.75, 3.05) is 11.4 Å². The summed E-state index contributed by atoms with van der Waals surface area (Å²) in [5, 5.41) is 10.2. The lowest BCUT2D eigenvalue weighted by atomic mass is 9.96. The van der Waals surface area contributed by atoms with Crippen LogP contribution in [0.1, 0.15) is 69.4 Å². The Kier molecular flexibility index (Phi) is 6.69. The predicted molar refractivity (Wildman–Crippen MR) is 143 cm³/mol. The average Bonchev–Trinajstić information content (AvgIpc) is 3.81. The van der Waals surface area contributed by atoms with Gasteiger partial charge in [0.2, 0.25) is 0 Å². The molecule has 1 aliphatic heterocycles. The molecule has 39 heavy (non-hydrogen) atoms. The summed E-state index contributed by atoms with van der Waals surface area (Å²) in [6, 6.07) is 18.7. The molecule has 3 aromatic rings. The lowest BCUT2D eigenvalue weighted by Gasteiger charge is -2.24. The number of carboxylic acid groups (broad SMARTS) is 1. The Morgan fingerprint density at radius 2 is 1.69 bits per heavy atom. The number of carbonyl (C=O) groups is 2. The summed E-state index contributed by atoms with van der Waals surface area (Å²) in [7, 11) is 0. The van der Waals surface area contributed by atoms with Crippen LogP contribution in [0.25, 0.3) is 0 Å². The molecule has 0 bridgehead atoms. The summed E-state index contributed by atoms with van der Waals surface area (Å²) in [5.41, 5.74) is 4.83. The number of nitrogens with one attached hydrogen (secondary N) is 1. The Hall–Kier alpha value is -3.81. The van der Waals surface area contributed by atoms with Crippen LogP contribution in [0, 0.1) is 13.8 Å². The number of carbonyl (C=O) groups excluding carboxylic acids is 1. The van der Waals surface area contributed by atoms with Crippen LogP contribution in [-0.4, -0.2) is 24.0 Å². The molecule has 0 aromatic heterocycles. The third-order valence-electron chi connectivity index (χ3n) is 8.20. The Morgan fingerprint density at radius 1 is 1.03 bits per heavy atom. The number of hydrogen-bond donors (Lipinski definition) is 2. The fourth-order valence-electron chi connectivity index (χ4n) is 5.80. The van der Waals surface area contributed by atoms with Gasteiger partial charge in [0.15, 0.2) is 0 Å². The third kappa shape index (κ3) is 5.12. The van der Waals surface area contributed by atoms with Crippen molar-refractivity contribution in [2.45, 2.75) is 63.2 Å². The molecule has 0 saturated heterocycles. The topological polar surface area (TPSA) is 69.6 Å². The lowest BCUT2D eigenvalue weighted by Crippen LogP contribution is -2.36. The maximum Gasteiger partial charge on any atom is 0.416 e. The summed E-state index contributed by atoms with van der Waals surface area (Å²) in [6.07, 6.45) is -0.518. The van der Waals surface area contributed by atoms with Crippen LogP contribution in [-0.2, 0) is 28.5 Å². The maximum absolute atomic E-state index is 13.7. The van der Waals surface area contributed by atoms with Gasteiger partial charge in [-0.15, -0.1) is 0 Å². The molecule has 2 aliphatic carbocycles. The standard InChI is InChI=1S/C30H29F3N2O.CH2O2/c1-19-6-10-22(11-7-19)29(14-15-29)34-27(36)23-4-3-5-24-26(23)35(18-28(24)12-13-28)17-21-9-8-20(2)25(16-21)30(31,32)33;2-1-3/h3-11,16H,12-15,17-18H2,1-2H3,(H,34,36);1H,(H,2,3). The minimum absolute atomic E-state index is 0.0113. The molecular formula is C31H31F3N2O3. The minimum atomic E-state index is -4.39. The van der Waals surface area contributed by atoms with Crippen molar-refractivity contribution in [1.82, 2.24) is 5.32 Å². The molecular weight excluding hydrogens is 505 g/mol. The van der Waals surface area contributed by atoms with Crippen LogP contribution < -0.4 is 10.2 Å². The van der Waals surface area contributed by atoms with E-state index in [1.807, 2.05) is 19.1 Å². The molecule has 1 spiro atoms. The van der Waals surface area contributed by atoms with Gasteiger partial charge in [-0.2, -0.15) is 13.2 Å². The number of aryl methyl sites for hydroxylation is 2. The molecule has 0 atom stereocenters. The molecule has 6 rings (SSSR count). The zero-order chi connectivity index (χ0) is 28.0. The number of anilines is 1. The van der Waals surface area contributed by atoms with Crippen LogP contribution >= 0.6 is 0 Å². The Bertz CT molecular complexity index is 1410. The number of fused-ring (bicyclic) bond motifs is 2. The van der Waals surface area contributed by atoms with E-state index in [1.54, 1.807) is 12.1 Å². The Labute approximate surface area is 225 Å². The first kappa shape index (κ1) is 26.8. The fraction of sp³-hybridized carbons (Fsp3) is 0.355. The summed E-state index contributed by atoms with van der Waals surface area (Å²) in [6.45, 7) is 4.35. The second kappa shape index (κ2) is 9.74. The maximum atomic E-state index is 13.7. The van der Waals surface area contributed by atoms with E-state index < -0.39 is 11.7 Å². The van der Waals surface area contributed by atoms with Crippen molar-refractivity contribution in [3.05, 3.63) is 99.6 Å². The van der Waals surface area contributed by atoms with E-state index in [0.29, 0.717) is 17.7 Å². The normalized spacial score (nSPS) is 17.6. The summed E-state index contributed by atoms with van der Waals surface area (Å²) in [4.78, 5) is 24.2. The van der Waals surface area contributed by atoms with E-state index >= 15 is 0 Å². The number of alkyl halides is 3. The van der Waals surface area contributed by atoms with Gasteiger partial charge in [-0.3, -0.25) is 9.59 Å². The highest BCUT2D eigenvalue weighted by Gasteiger charge is 2.53. The second-order valence-electron chi connectivity index (χ2n) is 11.0. The van der Waals surface area contributed by atoms with Crippen LogP contribution in [0.5, 0.6) is 0 Å². The van der Waals surface area contributed by atoms with Crippen molar-refractivity contribution < 1.29 is 27.9 Å². The van der Waals surface area contributed by atoms with Crippen molar-refractivity contribution in [3.63, 3.8) is 0 Å². The van der Waals surface area contributed by atoms with Crippen LogP contribution in [0.2, 0.25) is 0 Å². The molecule has 1 amide bonds. The molecule has 3 aliphatic rings. The zero-order valence-electron chi connectivity index (χ0n) is 21.9. The van der Waals surface area contributed by atoms with E-state index in [0.717, 1.165) is 49.0 Å². The molecule has 2 N–H and O–H groups in total. The summed E-state index contributed by atoms with van der Waals surface area (Å²) >= 11 is 0. The molecule has 204 valence electrons. The first-order valence-corrected chi connectivity index (χ1v) is 13.0. The van der Waals surface area contributed by atoms with Crippen LogP contribution in [0.3, 0.4) is 0 Å². The molecule has 8 heteroatoms. The molecule has 2 fully saturated rings. The van der Waals surface area contributed by atoms with Gasteiger partial charge in [-0.05, 0) is 73.9 Å². The van der Waals surface area contributed by atoms with Gasteiger partial charge < -0.3 is 15.3 Å². The van der Waals surface area contributed by atoms with Crippen LogP contribution in [0.4, 0.5) is 18.9 Å². The largest absolute Gasteiger partial charge is 0.483 e. The van der Waals surface area contributed by atoms with E-state index in [-0.39, 0.29) is 28.9 Å².